The molecule has 0 aromatic heterocycles. The molecule has 0 amide bonds. The molecule has 0 saturated carbocycles. The van der Waals surface area contributed by atoms with Crippen LogP contribution in [0, 0.1) is 5.82 Å². The maximum atomic E-state index is 13.3. The quantitative estimate of drug-likeness (QED) is 0.836. The summed E-state index contributed by atoms with van der Waals surface area (Å²) in [5.74, 6) is -3.04. The van der Waals surface area contributed by atoms with Crippen molar-refractivity contribution >= 4 is 5.97 Å². The highest BCUT2D eigenvalue weighted by Crippen LogP contribution is 2.27. The predicted octanol–water partition coefficient (Wildman–Crippen LogP) is 2.74. The minimum absolute atomic E-state index is 0.120. The third-order valence-corrected chi connectivity index (χ3v) is 2.33. The molecule has 1 aromatic carbocycles. The first-order chi connectivity index (χ1) is 7.07. The van der Waals surface area contributed by atoms with Gasteiger partial charge in [-0.1, -0.05) is 25.1 Å². The zero-order valence-electron chi connectivity index (χ0n) is 8.28. The molecule has 0 saturated heterocycles. The maximum absolute atomic E-state index is 13.3. The molecule has 0 aliphatic rings. The van der Waals surface area contributed by atoms with Gasteiger partial charge in [0.2, 0.25) is 6.17 Å². The minimum atomic E-state index is -2.06. The van der Waals surface area contributed by atoms with Crippen LogP contribution >= 0.6 is 0 Å². The van der Waals surface area contributed by atoms with E-state index < -0.39 is 23.9 Å². The van der Waals surface area contributed by atoms with Gasteiger partial charge in [-0.05, 0) is 18.1 Å². The van der Waals surface area contributed by atoms with Crippen LogP contribution in [0.2, 0.25) is 0 Å². The highest BCUT2D eigenvalue weighted by molar-refractivity contribution is 5.73. The summed E-state index contributed by atoms with van der Waals surface area (Å²) in [6.45, 7) is 1.63. The molecule has 2 nitrogen and oxygen atoms in total. The second-order valence-corrected chi connectivity index (χ2v) is 3.28. The van der Waals surface area contributed by atoms with E-state index in [0.717, 1.165) is 0 Å². The predicted molar refractivity (Wildman–Crippen MR) is 52.0 cm³/mol. The van der Waals surface area contributed by atoms with Gasteiger partial charge < -0.3 is 5.11 Å². The van der Waals surface area contributed by atoms with Crippen molar-refractivity contribution in [2.45, 2.75) is 25.4 Å². The number of carboxylic acids is 1. The Bertz CT molecular complexity index is 352. The Balaban J connectivity index is 3.02. The van der Waals surface area contributed by atoms with E-state index in [-0.39, 0.29) is 12.0 Å². The van der Waals surface area contributed by atoms with E-state index >= 15 is 0 Å². The normalized spacial score (nSPS) is 14.6. The Labute approximate surface area is 86.5 Å². The molecule has 2 unspecified atom stereocenters. The van der Waals surface area contributed by atoms with Gasteiger partial charge in [0.1, 0.15) is 5.82 Å². The van der Waals surface area contributed by atoms with E-state index in [1.54, 1.807) is 13.0 Å². The van der Waals surface area contributed by atoms with Crippen LogP contribution in [0.4, 0.5) is 8.78 Å². The summed E-state index contributed by atoms with van der Waals surface area (Å²) < 4.78 is 26.6. The Hall–Kier alpha value is -1.45. The monoisotopic (exact) mass is 214 g/mol. The number of hydrogen-bond donors (Lipinski definition) is 1. The molecular weight excluding hydrogens is 202 g/mol. The Morgan fingerprint density at radius 1 is 1.47 bits per heavy atom. The highest BCUT2D eigenvalue weighted by atomic mass is 19.1. The SMILES string of the molecule is CCC(c1ccccc1F)C(F)C(=O)O. The van der Waals surface area contributed by atoms with E-state index in [2.05, 4.69) is 0 Å². The molecule has 1 aromatic rings. The van der Waals surface area contributed by atoms with Gasteiger partial charge >= 0.3 is 5.97 Å². The number of carboxylic acid groups (broad SMARTS) is 1. The number of hydrogen-bond acceptors (Lipinski definition) is 1. The van der Waals surface area contributed by atoms with Crippen molar-refractivity contribution in [2.75, 3.05) is 0 Å². The van der Waals surface area contributed by atoms with Crippen LogP contribution in [0.25, 0.3) is 0 Å². The molecule has 2 atom stereocenters. The van der Waals surface area contributed by atoms with Gasteiger partial charge in [0.05, 0.1) is 0 Å². The molecule has 0 bridgehead atoms. The van der Waals surface area contributed by atoms with Crippen molar-refractivity contribution < 1.29 is 18.7 Å². The van der Waals surface area contributed by atoms with Gasteiger partial charge in [-0.15, -0.1) is 0 Å². The van der Waals surface area contributed by atoms with Crippen molar-refractivity contribution in [3.05, 3.63) is 35.6 Å². The smallest absolute Gasteiger partial charge is 0.338 e. The molecule has 15 heavy (non-hydrogen) atoms. The van der Waals surface area contributed by atoms with Gasteiger partial charge in [0.15, 0.2) is 0 Å². The van der Waals surface area contributed by atoms with Gasteiger partial charge in [-0.25, -0.2) is 13.6 Å². The summed E-state index contributed by atoms with van der Waals surface area (Å²) in [6, 6.07) is 5.67. The Kier molecular flexibility index (Phi) is 3.77. The number of rotatable bonds is 4. The number of carbonyl (C=O) groups is 1. The molecule has 0 aliphatic heterocycles. The second kappa shape index (κ2) is 4.87. The number of aliphatic carboxylic acids is 1. The summed E-state index contributed by atoms with van der Waals surface area (Å²) in [7, 11) is 0. The van der Waals surface area contributed by atoms with Gasteiger partial charge in [0, 0.05) is 5.92 Å². The number of halogens is 2. The zero-order valence-corrected chi connectivity index (χ0v) is 8.28. The third-order valence-electron chi connectivity index (χ3n) is 2.33. The van der Waals surface area contributed by atoms with Crippen molar-refractivity contribution in [3.8, 4) is 0 Å². The van der Waals surface area contributed by atoms with Crippen LogP contribution in [-0.2, 0) is 4.79 Å². The fourth-order valence-corrected chi connectivity index (χ4v) is 1.53. The van der Waals surface area contributed by atoms with Crippen LogP contribution in [0.3, 0.4) is 0 Å². The first-order valence-corrected chi connectivity index (χ1v) is 4.69. The first kappa shape index (κ1) is 11.6. The number of benzene rings is 1. The summed E-state index contributed by atoms with van der Waals surface area (Å²) in [4.78, 5) is 10.5. The molecule has 0 radical (unpaired) electrons. The van der Waals surface area contributed by atoms with E-state index in [4.69, 9.17) is 5.11 Å². The molecule has 82 valence electrons. The van der Waals surface area contributed by atoms with Crippen molar-refractivity contribution in [1.29, 1.82) is 0 Å². The van der Waals surface area contributed by atoms with E-state index in [1.807, 2.05) is 0 Å². The lowest BCUT2D eigenvalue weighted by Gasteiger charge is -2.17. The fourth-order valence-electron chi connectivity index (χ4n) is 1.53. The molecular formula is C11H12F2O2. The largest absolute Gasteiger partial charge is 0.479 e. The van der Waals surface area contributed by atoms with Gasteiger partial charge in [-0.3, -0.25) is 0 Å². The molecule has 0 aliphatic carbocycles. The molecule has 0 heterocycles. The summed E-state index contributed by atoms with van der Waals surface area (Å²) in [6.07, 6.45) is -1.82. The number of alkyl halides is 1. The zero-order chi connectivity index (χ0) is 11.4. The molecule has 0 fully saturated rings. The Morgan fingerprint density at radius 3 is 2.53 bits per heavy atom. The van der Waals surface area contributed by atoms with Crippen LogP contribution in [0.15, 0.2) is 24.3 Å². The summed E-state index contributed by atoms with van der Waals surface area (Å²) in [5, 5.41) is 8.54. The topological polar surface area (TPSA) is 37.3 Å². The first-order valence-electron chi connectivity index (χ1n) is 4.69. The average molecular weight is 214 g/mol. The standard InChI is InChI=1S/C11H12F2O2/c1-2-7(10(13)11(14)15)8-5-3-4-6-9(8)12/h3-7,10H,2H2,1H3,(H,14,15). The Morgan fingerprint density at radius 2 is 2.07 bits per heavy atom. The summed E-state index contributed by atoms with van der Waals surface area (Å²) >= 11 is 0. The minimum Gasteiger partial charge on any atom is -0.479 e. The van der Waals surface area contributed by atoms with Crippen LogP contribution in [0.1, 0.15) is 24.8 Å². The lowest BCUT2D eigenvalue weighted by molar-refractivity contribution is -0.143. The summed E-state index contributed by atoms with van der Waals surface area (Å²) in [5.41, 5.74) is 0.120. The van der Waals surface area contributed by atoms with E-state index in [9.17, 15) is 13.6 Å². The van der Waals surface area contributed by atoms with Crippen LogP contribution in [0.5, 0.6) is 0 Å². The van der Waals surface area contributed by atoms with Crippen LogP contribution in [-0.4, -0.2) is 17.2 Å². The van der Waals surface area contributed by atoms with Crippen molar-refractivity contribution in [2.24, 2.45) is 0 Å². The lowest BCUT2D eigenvalue weighted by Crippen LogP contribution is -2.23. The second-order valence-electron chi connectivity index (χ2n) is 3.28. The maximum Gasteiger partial charge on any atom is 0.338 e. The molecule has 0 spiro atoms. The lowest BCUT2D eigenvalue weighted by atomic mass is 9.91. The van der Waals surface area contributed by atoms with Gasteiger partial charge in [0.25, 0.3) is 0 Å². The molecule has 1 N–H and O–H groups in total. The van der Waals surface area contributed by atoms with E-state index in [1.165, 1.54) is 18.2 Å². The van der Waals surface area contributed by atoms with Gasteiger partial charge in [-0.2, -0.15) is 0 Å². The molecule has 1 rings (SSSR count). The van der Waals surface area contributed by atoms with Crippen molar-refractivity contribution in [3.63, 3.8) is 0 Å². The highest BCUT2D eigenvalue weighted by Gasteiger charge is 2.29. The van der Waals surface area contributed by atoms with Crippen LogP contribution < -0.4 is 0 Å². The average Bonchev–Trinajstić information content (AvgIpc) is 2.21. The third kappa shape index (κ3) is 2.52. The van der Waals surface area contributed by atoms with Crippen molar-refractivity contribution in [1.82, 2.24) is 0 Å². The fraction of sp³-hybridized carbons (Fsp3) is 0.364. The molecule has 4 heteroatoms. The van der Waals surface area contributed by atoms with E-state index in [0.29, 0.717) is 0 Å².